The zero-order valence-electron chi connectivity index (χ0n) is 11.7. The second-order valence-electron chi connectivity index (χ2n) is 5.62. The molecule has 0 spiro atoms. The fraction of sp³-hybridized carbons (Fsp3) is 0.533. The Kier molecular flexibility index (Phi) is 4.33. The first-order valence-electron chi connectivity index (χ1n) is 7.26. The average Bonchev–Trinajstić information content (AvgIpc) is 2.93. The SMILES string of the molecule is O=C(O)c1cc(Cl)ccc1NCC1CN2CCCC2CO1. The first-order valence-corrected chi connectivity index (χ1v) is 7.63. The van der Waals surface area contributed by atoms with Crippen LogP contribution in [0.25, 0.3) is 0 Å². The highest BCUT2D eigenvalue weighted by Gasteiger charge is 2.32. The van der Waals surface area contributed by atoms with Crippen molar-refractivity contribution in [2.75, 3.05) is 31.6 Å². The lowest BCUT2D eigenvalue weighted by molar-refractivity contribution is -0.0415. The molecule has 2 N–H and O–H groups in total. The van der Waals surface area contributed by atoms with Gasteiger partial charge in [0.05, 0.1) is 18.3 Å². The molecule has 2 atom stereocenters. The molecule has 21 heavy (non-hydrogen) atoms. The van der Waals surface area contributed by atoms with E-state index >= 15 is 0 Å². The highest BCUT2D eigenvalue weighted by molar-refractivity contribution is 6.31. The predicted molar refractivity (Wildman–Crippen MR) is 81.2 cm³/mol. The average molecular weight is 311 g/mol. The molecule has 1 aromatic rings. The standard InChI is InChI=1S/C15H19ClN2O3/c16-10-3-4-14(13(6-10)15(19)20)17-7-12-8-18-5-1-2-11(18)9-21-12/h3-4,6,11-12,17H,1-2,5,7-9H2,(H,19,20). The van der Waals surface area contributed by atoms with Crippen LogP contribution in [0.15, 0.2) is 18.2 Å². The number of rotatable bonds is 4. The Balaban J connectivity index is 1.61. The van der Waals surface area contributed by atoms with E-state index in [4.69, 9.17) is 16.3 Å². The summed E-state index contributed by atoms with van der Waals surface area (Å²) in [4.78, 5) is 13.7. The van der Waals surface area contributed by atoms with Crippen molar-refractivity contribution in [2.45, 2.75) is 25.0 Å². The summed E-state index contributed by atoms with van der Waals surface area (Å²) in [5, 5.41) is 12.8. The smallest absolute Gasteiger partial charge is 0.337 e. The second-order valence-corrected chi connectivity index (χ2v) is 6.06. The maximum Gasteiger partial charge on any atom is 0.337 e. The van der Waals surface area contributed by atoms with Crippen LogP contribution in [0.1, 0.15) is 23.2 Å². The van der Waals surface area contributed by atoms with Gasteiger partial charge in [0.1, 0.15) is 0 Å². The largest absolute Gasteiger partial charge is 0.478 e. The Labute approximate surface area is 128 Å². The molecule has 0 bridgehead atoms. The summed E-state index contributed by atoms with van der Waals surface area (Å²) in [6.45, 7) is 3.43. The van der Waals surface area contributed by atoms with Crippen molar-refractivity contribution in [1.82, 2.24) is 4.90 Å². The summed E-state index contributed by atoms with van der Waals surface area (Å²) < 4.78 is 5.86. The molecule has 2 aliphatic heterocycles. The number of ether oxygens (including phenoxy) is 1. The number of nitrogens with zero attached hydrogens (tertiary/aromatic N) is 1. The van der Waals surface area contributed by atoms with Gasteiger partial charge in [-0.05, 0) is 37.6 Å². The Bertz CT molecular complexity index is 538. The fourth-order valence-electron chi connectivity index (χ4n) is 3.08. The van der Waals surface area contributed by atoms with Gasteiger partial charge in [0.15, 0.2) is 0 Å². The minimum Gasteiger partial charge on any atom is -0.478 e. The van der Waals surface area contributed by atoms with Crippen LogP contribution in [-0.4, -0.2) is 54.4 Å². The first-order chi connectivity index (χ1) is 10.1. The second kappa shape index (κ2) is 6.22. The number of hydrogen-bond donors (Lipinski definition) is 2. The van der Waals surface area contributed by atoms with Crippen molar-refractivity contribution in [3.8, 4) is 0 Å². The van der Waals surface area contributed by atoms with Gasteiger partial charge < -0.3 is 15.2 Å². The van der Waals surface area contributed by atoms with Gasteiger partial charge in [-0.15, -0.1) is 0 Å². The molecule has 0 aliphatic carbocycles. The van der Waals surface area contributed by atoms with Gasteiger partial charge in [-0.1, -0.05) is 11.6 Å². The summed E-state index contributed by atoms with van der Waals surface area (Å²) in [5.74, 6) is -0.982. The van der Waals surface area contributed by atoms with Gasteiger partial charge in [0.2, 0.25) is 0 Å². The van der Waals surface area contributed by atoms with E-state index in [0.717, 1.165) is 19.7 Å². The number of carbonyl (C=O) groups is 1. The molecule has 2 fully saturated rings. The highest BCUT2D eigenvalue weighted by Crippen LogP contribution is 2.24. The summed E-state index contributed by atoms with van der Waals surface area (Å²) in [6.07, 6.45) is 2.56. The summed E-state index contributed by atoms with van der Waals surface area (Å²) in [6, 6.07) is 5.43. The van der Waals surface area contributed by atoms with Crippen molar-refractivity contribution < 1.29 is 14.6 Å². The Morgan fingerprint density at radius 2 is 2.38 bits per heavy atom. The Morgan fingerprint density at radius 3 is 3.19 bits per heavy atom. The first kappa shape index (κ1) is 14.6. The molecule has 5 nitrogen and oxygen atoms in total. The molecule has 3 rings (SSSR count). The van der Waals surface area contributed by atoms with E-state index in [1.807, 2.05) is 0 Å². The molecule has 2 unspecified atom stereocenters. The minimum atomic E-state index is -0.982. The van der Waals surface area contributed by atoms with Gasteiger partial charge in [-0.25, -0.2) is 4.79 Å². The number of anilines is 1. The molecule has 1 aromatic carbocycles. The van der Waals surface area contributed by atoms with Gasteiger partial charge >= 0.3 is 5.97 Å². The number of morpholine rings is 1. The monoisotopic (exact) mass is 310 g/mol. The number of halogens is 1. The summed E-state index contributed by atoms with van der Waals surface area (Å²) >= 11 is 5.85. The molecule has 2 heterocycles. The molecule has 0 saturated carbocycles. The van der Waals surface area contributed by atoms with Gasteiger partial charge in [0, 0.05) is 29.8 Å². The molecule has 2 saturated heterocycles. The van der Waals surface area contributed by atoms with E-state index in [0.29, 0.717) is 23.3 Å². The third-order valence-electron chi connectivity index (χ3n) is 4.19. The van der Waals surface area contributed by atoms with E-state index < -0.39 is 5.97 Å². The molecular formula is C15H19ClN2O3. The molecule has 114 valence electrons. The molecule has 6 heteroatoms. The van der Waals surface area contributed by atoms with Crippen molar-refractivity contribution in [3.05, 3.63) is 28.8 Å². The van der Waals surface area contributed by atoms with Gasteiger partial charge in [0.25, 0.3) is 0 Å². The number of nitrogens with one attached hydrogen (secondary N) is 1. The van der Waals surface area contributed by atoms with Gasteiger partial charge in [-0.2, -0.15) is 0 Å². The van der Waals surface area contributed by atoms with E-state index in [9.17, 15) is 9.90 Å². The van der Waals surface area contributed by atoms with Crippen molar-refractivity contribution >= 4 is 23.3 Å². The van der Waals surface area contributed by atoms with Crippen LogP contribution in [0.4, 0.5) is 5.69 Å². The number of benzene rings is 1. The van der Waals surface area contributed by atoms with Crippen LogP contribution in [0.2, 0.25) is 5.02 Å². The molecular weight excluding hydrogens is 292 g/mol. The maximum atomic E-state index is 11.2. The van der Waals surface area contributed by atoms with E-state index in [-0.39, 0.29) is 11.7 Å². The van der Waals surface area contributed by atoms with Crippen molar-refractivity contribution in [2.24, 2.45) is 0 Å². The summed E-state index contributed by atoms with van der Waals surface area (Å²) in [7, 11) is 0. The number of aromatic carboxylic acids is 1. The van der Waals surface area contributed by atoms with E-state index in [1.54, 1.807) is 12.1 Å². The zero-order valence-corrected chi connectivity index (χ0v) is 12.5. The molecule has 0 radical (unpaired) electrons. The molecule has 0 aromatic heterocycles. The molecule has 0 amide bonds. The van der Waals surface area contributed by atoms with Crippen LogP contribution in [-0.2, 0) is 4.74 Å². The summed E-state index contributed by atoms with van der Waals surface area (Å²) in [5.41, 5.74) is 0.774. The maximum absolute atomic E-state index is 11.2. The van der Waals surface area contributed by atoms with Crippen LogP contribution < -0.4 is 5.32 Å². The third kappa shape index (κ3) is 3.31. The number of fused-ring (bicyclic) bond motifs is 1. The number of hydrogen-bond acceptors (Lipinski definition) is 4. The molecule has 2 aliphatic rings. The van der Waals surface area contributed by atoms with Crippen molar-refractivity contribution in [1.29, 1.82) is 0 Å². The Morgan fingerprint density at radius 1 is 1.52 bits per heavy atom. The van der Waals surface area contributed by atoms with Crippen LogP contribution in [0.3, 0.4) is 0 Å². The minimum absolute atomic E-state index is 0.0941. The van der Waals surface area contributed by atoms with Crippen LogP contribution in [0.5, 0.6) is 0 Å². The predicted octanol–water partition coefficient (Wildman–Crippen LogP) is 2.31. The highest BCUT2D eigenvalue weighted by atomic mass is 35.5. The third-order valence-corrected chi connectivity index (χ3v) is 4.43. The lowest BCUT2D eigenvalue weighted by Gasteiger charge is -2.35. The normalized spacial score (nSPS) is 25.6. The number of carboxylic acids is 1. The Hall–Kier alpha value is -1.30. The van der Waals surface area contributed by atoms with E-state index in [2.05, 4.69) is 10.2 Å². The number of carboxylic acid groups (broad SMARTS) is 1. The van der Waals surface area contributed by atoms with Gasteiger partial charge in [-0.3, -0.25) is 4.90 Å². The fourth-order valence-corrected chi connectivity index (χ4v) is 3.25. The topological polar surface area (TPSA) is 61.8 Å². The van der Waals surface area contributed by atoms with Crippen LogP contribution >= 0.6 is 11.6 Å². The van der Waals surface area contributed by atoms with E-state index in [1.165, 1.54) is 18.9 Å². The lowest BCUT2D eigenvalue weighted by atomic mass is 10.1. The van der Waals surface area contributed by atoms with Crippen molar-refractivity contribution in [3.63, 3.8) is 0 Å². The zero-order chi connectivity index (χ0) is 14.8. The quantitative estimate of drug-likeness (QED) is 0.893. The van der Waals surface area contributed by atoms with Crippen LogP contribution in [0, 0.1) is 0 Å². The lowest BCUT2D eigenvalue weighted by Crippen LogP contribution is -2.48.